The highest BCUT2D eigenvalue weighted by Crippen LogP contribution is 2.19. The van der Waals surface area contributed by atoms with Crippen LogP contribution in [0.15, 0.2) is 42.9 Å². The van der Waals surface area contributed by atoms with Crippen molar-refractivity contribution in [3.05, 3.63) is 54.1 Å². The van der Waals surface area contributed by atoms with Gasteiger partial charge in [-0.05, 0) is 30.8 Å². The van der Waals surface area contributed by atoms with Crippen LogP contribution >= 0.6 is 0 Å². The minimum atomic E-state index is 0.0834. The Morgan fingerprint density at radius 3 is 2.55 bits per heavy atom. The summed E-state index contributed by atoms with van der Waals surface area (Å²) in [7, 11) is 3.71. The molecule has 0 saturated carbocycles. The van der Waals surface area contributed by atoms with Crippen LogP contribution < -0.4 is 10.5 Å². The van der Waals surface area contributed by atoms with E-state index in [0.29, 0.717) is 6.54 Å². The van der Waals surface area contributed by atoms with Gasteiger partial charge in [0.15, 0.2) is 0 Å². The van der Waals surface area contributed by atoms with Crippen LogP contribution in [0.3, 0.4) is 0 Å². The number of hydrogen-bond acceptors (Lipinski definition) is 5. The number of hydrogen-bond donors (Lipinski definition) is 1. The minimum absolute atomic E-state index is 0.0834. The van der Waals surface area contributed by atoms with Crippen molar-refractivity contribution >= 4 is 0 Å². The molecule has 1 aromatic heterocycles. The van der Waals surface area contributed by atoms with Crippen LogP contribution in [0.1, 0.15) is 17.3 Å². The maximum absolute atomic E-state index is 5.88. The molecule has 0 aliphatic carbocycles. The Hall–Kier alpha value is -1.98. The lowest BCUT2D eigenvalue weighted by Gasteiger charge is -2.26. The third kappa shape index (κ3) is 3.53. The SMILES string of the molecule is COc1ccc(CN(C)C(CN)c2ccncn2)cc1. The lowest BCUT2D eigenvalue weighted by molar-refractivity contribution is 0.237. The Bertz CT molecular complexity index is 515. The van der Waals surface area contributed by atoms with E-state index in [-0.39, 0.29) is 6.04 Å². The number of methoxy groups -OCH3 is 1. The number of nitrogens with two attached hydrogens (primary N) is 1. The van der Waals surface area contributed by atoms with Gasteiger partial charge in [0.05, 0.1) is 18.8 Å². The highest BCUT2D eigenvalue weighted by atomic mass is 16.5. The van der Waals surface area contributed by atoms with Crippen LogP contribution in [0.2, 0.25) is 0 Å². The minimum Gasteiger partial charge on any atom is -0.497 e. The summed E-state index contributed by atoms with van der Waals surface area (Å²) in [6.07, 6.45) is 3.30. The number of ether oxygens (including phenoxy) is 1. The van der Waals surface area contributed by atoms with E-state index in [1.165, 1.54) is 5.56 Å². The second-order valence-corrected chi connectivity index (χ2v) is 4.65. The van der Waals surface area contributed by atoms with Crippen LogP contribution in [0, 0.1) is 0 Å². The molecular formula is C15H20N4O. The van der Waals surface area contributed by atoms with Gasteiger partial charge in [0.25, 0.3) is 0 Å². The van der Waals surface area contributed by atoms with E-state index in [4.69, 9.17) is 10.5 Å². The van der Waals surface area contributed by atoms with Gasteiger partial charge in [-0.15, -0.1) is 0 Å². The first-order valence-corrected chi connectivity index (χ1v) is 6.53. The molecule has 0 fully saturated rings. The molecule has 20 heavy (non-hydrogen) atoms. The summed E-state index contributed by atoms with van der Waals surface area (Å²) in [5, 5.41) is 0. The molecule has 0 aliphatic rings. The molecule has 2 aromatic rings. The second-order valence-electron chi connectivity index (χ2n) is 4.65. The number of likely N-dealkylation sites (N-methyl/N-ethyl adjacent to an activating group) is 1. The first-order valence-electron chi connectivity index (χ1n) is 6.53. The summed E-state index contributed by atoms with van der Waals surface area (Å²) < 4.78 is 5.16. The van der Waals surface area contributed by atoms with Crippen molar-refractivity contribution in [1.29, 1.82) is 0 Å². The van der Waals surface area contributed by atoms with E-state index in [2.05, 4.69) is 27.0 Å². The van der Waals surface area contributed by atoms with Gasteiger partial charge in [-0.1, -0.05) is 12.1 Å². The molecule has 1 aromatic carbocycles. The molecular weight excluding hydrogens is 252 g/mol. The molecule has 0 radical (unpaired) electrons. The topological polar surface area (TPSA) is 64.3 Å². The Morgan fingerprint density at radius 1 is 1.25 bits per heavy atom. The molecule has 1 atom stereocenters. The maximum Gasteiger partial charge on any atom is 0.118 e. The van der Waals surface area contributed by atoms with Gasteiger partial charge in [-0.2, -0.15) is 0 Å². The van der Waals surface area contributed by atoms with E-state index in [1.54, 1.807) is 19.6 Å². The molecule has 1 heterocycles. The van der Waals surface area contributed by atoms with Gasteiger partial charge >= 0.3 is 0 Å². The molecule has 106 valence electrons. The van der Waals surface area contributed by atoms with Gasteiger partial charge in [0, 0.05) is 19.3 Å². The molecule has 1 unspecified atom stereocenters. The largest absolute Gasteiger partial charge is 0.497 e. The van der Waals surface area contributed by atoms with Crippen molar-refractivity contribution in [2.75, 3.05) is 20.7 Å². The van der Waals surface area contributed by atoms with Crippen molar-refractivity contribution < 1.29 is 4.74 Å². The standard InChI is InChI=1S/C15H20N4O/c1-19(10-12-3-5-13(20-2)6-4-12)15(9-16)14-7-8-17-11-18-14/h3-8,11,15H,9-10,16H2,1-2H3. The monoisotopic (exact) mass is 272 g/mol. The van der Waals surface area contributed by atoms with Crippen LogP contribution in [-0.2, 0) is 6.54 Å². The zero-order chi connectivity index (χ0) is 14.4. The van der Waals surface area contributed by atoms with E-state index >= 15 is 0 Å². The van der Waals surface area contributed by atoms with Crippen molar-refractivity contribution in [2.24, 2.45) is 5.73 Å². The van der Waals surface area contributed by atoms with Gasteiger partial charge in [0.2, 0.25) is 0 Å². The zero-order valence-electron chi connectivity index (χ0n) is 11.9. The fourth-order valence-electron chi connectivity index (χ4n) is 2.15. The zero-order valence-corrected chi connectivity index (χ0v) is 11.9. The average Bonchev–Trinajstić information content (AvgIpc) is 2.50. The molecule has 2 N–H and O–H groups in total. The lowest BCUT2D eigenvalue weighted by Crippen LogP contribution is -2.30. The van der Waals surface area contributed by atoms with Gasteiger partial charge in [-0.3, -0.25) is 4.90 Å². The summed E-state index contributed by atoms with van der Waals surface area (Å²) in [5.41, 5.74) is 8.04. The molecule has 2 rings (SSSR count). The molecule has 0 aliphatic heterocycles. The van der Waals surface area contributed by atoms with Crippen molar-refractivity contribution in [2.45, 2.75) is 12.6 Å². The molecule has 0 amide bonds. The summed E-state index contributed by atoms with van der Waals surface area (Å²) in [5.74, 6) is 0.863. The molecule has 0 bridgehead atoms. The second kappa shape index (κ2) is 6.98. The quantitative estimate of drug-likeness (QED) is 0.865. The highest BCUT2D eigenvalue weighted by molar-refractivity contribution is 5.27. The smallest absolute Gasteiger partial charge is 0.118 e. The third-order valence-electron chi connectivity index (χ3n) is 3.29. The van der Waals surface area contributed by atoms with Gasteiger partial charge in [0.1, 0.15) is 12.1 Å². The maximum atomic E-state index is 5.88. The van der Waals surface area contributed by atoms with Gasteiger partial charge in [-0.25, -0.2) is 9.97 Å². The molecule has 0 spiro atoms. The first kappa shape index (κ1) is 14.4. The van der Waals surface area contributed by atoms with E-state index in [1.807, 2.05) is 25.2 Å². The van der Waals surface area contributed by atoms with Crippen molar-refractivity contribution in [1.82, 2.24) is 14.9 Å². The van der Waals surface area contributed by atoms with E-state index in [9.17, 15) is 0 Å². The third-order valence-corrected chi connectivity index (χ3v) is 3.29. The highest BCUT2D eigenvalue weighted by Gasteiger charge is 2.16. The fourth-order valence-corrected chi connectivity index (χ4v) is 2.15. The number of rotatable bonds is 6. The number of benzene rings is 1. The molecule has 5 nitrogen and oxygen atoms in total. The summed E-state index contributed by atoms with van der Waals surface area (Å²) in [6.45, 7) is 1.32. The predicted molar refractivity (Wildman–Crippen MR) is 78.3 cm³/mol. The Morgan fingerprint density at radius 2 is 2.00 bits per heavy atom. The first-order chi connectivity index (χ1) is 9.74. The van der Waals surface area contributed by atoms with E-state index in [0.717, 1.165) is 18.0 Å². The summed E-state index contributed by atoms with van der Waals surface area (Å²) >= 11 is 0. The van der Waals surface area contributed by atoms with Crippen molar-refractivity contribution in [3.63, 3.8) is 0 Å². The summed E-state index contributed by atoms with van der Waals surface area (Å²) in [4.78, 5) is 10.4. The van der Waals surface area contributed by atoms with Crippen LogP contribution in [0.25, 0.3) is 0 Å². The normalized spacial score (nSPS) is 12.4. The number of nitrogens with zero attached hydrogens (tertiary/aromatic N) is 3. The fraction of sp³-hybridized carbons (Fsp3) is 0.333. The number of aromatic nitrogens is 2. The average molecular weight is 272 g/mol. The Balaban J connectivity index is 2.07. The van der Waals surface area contributed by atoms with Crippen LogP contribution in [-0.4, -0.2) is 35.6 Å². The molecule has 0 saturated heterocycles. The summed E-state index contributed by atoms with van der Waals surface area (Å²) in [6, 6.07) is 10.0. The van der Waals surface area contributed by atoms with Crippen LogP contribution in [0.4, 0.5) is 0 Å². The van der Waals surface area contributed by atoms with Crippen LogP contribution in [0.5, 0.6) is 5.75 Å². The van der Waals surface area contributed by atoms with Gasteiger partial charge < -0.3 is 10.5 Å². The van der Waals surface area contributed by atoms with Crippen molar-refractivity contribution in [3.8, 4) is 5.75 Å². The predicted octanol–water partition coefficient (Wildman–Crippen LogP) is 1.62. The Labute approximate surface area is 119 Å². The lowest BCUT2D eigenvalue weighted by atomic mass is 10.1. The Kier molecular flexibility index (Phi) is 5.03. The van der Waals surface area contributed by atoms with E-state index < -0.39 is 0 Å². The molecule has 5 heteroatoms.